The van der Waals surface area contributed by atoms with Crippen LogP contribution in [0, 0.1) is 12.8 Å². The van der Waals surface area contributed by atoms with Gasteiger partial charge >= 0.3 is 6.09 Å². The van der Waals surface area contributed by atoms with Crippen molar-refractivity contribution < 1.29 is 27.8 Å². The maximum absolute atomic E-state index is 13.6. The molecule has 1 saturated heterocycles. The zero-order valence-electron chi connectivity index (χ0n) is 21.3. The Morgan fingerprint density at radius 2 is 1.86 bits per heavy atom. The second-order valence-corrected chi connectivity index (χ2v) is 11.5. The second-order valence-electron chi connectivity index (χ2n) is 9.55. The van der Waals surface area contributed by atoms with Gasteiger partial charge in [-0.15, -0.1) is 0 Å². The summed E-state index contributed by atoms with van der Waals surface area (Å²) >= 11 is 0. The summed E-state index contributed by atoms with van der Waals surface area (Å²) in [5.41, 5.74) is 1.86. The molecule has 2 aromatic carbocycles. The first kappa shape index (κ1) is 28.1. The summed E-state index contributed by atoms with van der Waals surface area (Å²) in [5, 5.41) is 14.1. The molecule has 198 valence electrons. The average molecular weight is 519 g/mol. The number of rotatable bonds is 12. The first-order valence-electron chi connectivity index (χ1n) is 12.5. The number of alkyl carbamates (subject to hydrolysis) is 1. The molecule has 1 fully saturated rings. The largest absolute Gasteiger partial charge is 0.444 e. The van der Waals surface area contributed by atoms with Crippen LogP contribution in [0.2, 0.25) is 0 Å². The Morgan fingerprint density at radius 3 is 2.47 bits per heavy atom. The molecular weight excluding hydrogens is 480 g/mol. The van der Waals surface area contributed by atoms with Gasteiger partial charge in [-0.05, 0) is 37.0 Å². The van der Waals surface area contributed by atoms with Crippen molar-refractivity contribution in [3.05, 3.63) is 65.7 Å². The van der Waals surface area contributed by atoms with Gasteiger partial charge in [0.05, 0.1) is 30.3 Å². The van der Waals surface area contributed by atoms with E-state index < -0.39 is 28.3 Å². The minimum atomic E-state index is -3.86. The number of nitrogens with zero attached hydrogens (tertiary/aromatic N) is 1. The van der Waals surface area contributed by atoms with E-state index in [1.807, 2.05) is 51.1 Å². The number of ether oxygens (including phenoxy) is 2. The molecule has 2 aromatic rings. The molecule has 2 N–H and O–H groups in total. The lowest BCUT2D eigenvalue weighted by Crippen LogP contribution is -2.51. The fraction of sp³-hybridized carbons (Fsp3) is 0.519. The Bertz CT molecular complexity index is 1060. The number of amides is 1. The van der Waals surface area contributed by atoms with E-state index in [-0.39, 0.29) is 30.0 Å². The van der Waals surface area contributed by atoms with Gasteiger partial charge in [0.2, 0.25) is 10.0 Å². The van der Waals surface area contributed by atoms with Crippen LogP contribution in [0.4, 0.5) is 4.79 Å². The minimum absolute atomic E-state index is 0.0882. The maximum atomic E-state index is 13.6. The zero-order chi connectivity index (χ0) is 26.1. The van der Waals surface area contributed by atoms with Gasteiger partial charge in [0.25, 0.3) is 0 Å². The molecule has 0 spiro atoms. The van der Waals surface area contributed by atoms with Crippen LogP contribution in [-0.2, 0) is 25.9 Å². The standard InChI is InChI=1S/C27H38N2O6S/c1-4-20(2)17-29(36(32,33)24-12-10-21(3)11-13-24)18-26(30)25(16-22-8-6-5-7-9-22)28-27(31)35-23-14-15-34-19-23/h5-13,20,23,25-26,30H,4,14-19H2,1-3H3,(H,28,31)/t20-,23?,25-,26+/m0/s1. The lowest BCUT2D eigenvalue weighted by Gasteiger charge is -2.31. The first-order valence-corrected chi connectivity index (χ1v) is 14.0. The van der Waals surface area contributed by atoms with E-state index in [0.29, 0.717) is 26.1 Å². The fourth-order valence-electron chi connectivity index (χ4n) is 4.04. The number of hydrogen-bond acceptors (Lipinski definition) is 6. The molecular formula is C27H38N2O6S. The quantitative estimate of drug-likeness (QED) is 0.446. The SMILES string of the molecule is CC[C@H](C)CN(C[C@@H](O)[C@H](Cc1ccccc1)NC(=O)OC1CCOC1)S(=O)(=O)c1ccc(C)cc1. The third kappa shape index (κ3) is 8.03. The molecule has 1 aliphatic heterocycles. The lowest BCUT2D eigenvalue weighted by atomic mass is 10.0. The van der Waals surface area contributed by atoms with Crippen LogP contribution in [-0.4, -0.2) is 68.5 Å². The molecule has 0 saturated carbocycles. The lowest BCUT2D eigenvalue weighted by molar-refractivity contribution is 0.0642. The summed E-state index contributed by atoms with van der Waals surface area (Å²) < 4.78 is 39.1. The van der Waals surface area contributed by atoms with Crippen molar-refractivity contribution in [3.8, 4) is 0 Å². The fourth-order valence-corrected chi connectivity index (χ4v) is 5.61. The van der Waals surface area contributed by atoms with Gasteiger partial charge in [0, 0.05) is 19.5 Å². The van der Waals surface area contributed by atoms with Crippen LogP contribution in [0.3, 0.4) is 0 Å². The van der Waals surface area contributed by atoms with Crippen LogP contribution in [0.1, 0.15) is 37.8 Å². The zero-order valence-corrected chi connectivity index (χ0v) is 22.1. The number of aryl methyl sites for hydroxylation is 1. The highest BCUT2D eigenvalue weighted by atomic mass is 32.2. The van der Waals surface area contributed by atoms with Gasteiger partial charge in [0.15, 0.2) is 0 Å². The predicted octanol–water partition coefficient (Wildman–Crippen LogP) is 3.52. The predicted molar refractivity (Wildman–Crippen MR) is 138 cm³/mol. The normalized spacial score (nSPS) is 18.5. The summed E-state index contributed by atoms with van der Waals surface area (Å²) in [6.45, 7) is 6.85. The minimum Gasteiger partial charge on any atom is -0.444 e. The molecule has 1 aliphatic rings. The number of aliphatic hydroxyl groups is 1. The van der Waals surface area contributed by atoms with E-state index in [1.54, 1.807) is 24.3 Å². The average Bonchev–Trinajstić information content (AvgIpc) is 3.36. The van der Waals surface area contributed by atoms with Crippen LogP contribution < -0.4 is 5.32 Å². The van der Waals surface area contributed by atoms with Crippen LogP contribution in [0.25, 0.3) is 0 Å². The highest BCUT2D eigenvalue weighted by Crippen LogP contribution is 2.21. The summed E-state index contributed by atoms with van der Waals surface area (Å²) in [4.78, 5) is 12.8. The van der Waals surface area contributed by atoms with E-state index in [1.165, 1.54) is 4.31 Å². The monoisotopic (exact) mass is 518 g/mol. The molecule has 8 nitrogen and oxygen atoms in total. The first-order chi connectivity index (χ1) is 17.2. The van der Waals surface area contributed by atoms with Crippen molar-refractivity contribution >= 4 is 16.1 Å². The van der Waals surface area contributed by atoms with Gasteiger partial charge in [-0.2, -0.15) is 4.31 Å². The van der Waals surface area contributed by atoms with Crippen molar-refractivity contribution in [3.63, 3.8) is 0 Å². The van der Waals surface area contributed by atoms with Crippen molar-refractivity contribution in [2.45, 2.75) is 63.2 Å². The summed E-state index contributed by atoms with van der Waals surface area (Å²) in [7, 11) is -3.86. The molecule has 1 amide bonds. The van der Waals surface area contributed by atoms with Gasteiger partial charge < -0.3 is 19.9 Å². The van der Waals surface area contributed by atoms with Gasteiger partial charge in [-0.25, -0.2) is 13.2 Å². The molecule has 1 unspecified atom stereocenters. The Morgan fingerprint density at radius 1 is 1.17 bits per heavy atom. The third-order valence-electron chi connectivity index (χ3n) is 6.49. The summed E-state index contributed by atoms with van der Waals surface area (Å²) in [6.07, 6.45) is -0.417. The highest BCUT2D eigenvalue weighted by molar-refractivity contribution is 7.89. The molecule has 3 rings (SSSR count). The Kier molecular flexibility index (Phi) is 10.3. The number of aliphatic hydroxyl groups excluding tert-OH is 1. The molecule has 0 aromatic heterocycles. The molecule has 0 aliphatic carbocycles. The maximum Gasteiger partial charge on any atom is 0.407 e. The summed E-state index contributed by atoms with van der Waals surface area (Å²) in [6, 6.07) is 15.4. The van der Waals surface area contributed by atoms with Gasteiger partial charge in [0.1, 0.15) is 6.10 Å². The van der Waals surface area contributed by atoms with Gasteiger partial charge in [-0.3, -0.25) is 0 Å². The highest BCUT2D eigenvalue weighted by Gasteiger charge is 2.32. The molecule has 0 radical (unpaired) electrons. The number of sulfonamides is 1. The Balaban J connectivity index is 1.81. The van der Waals surface area contributed by atoms with E-state index >= 15 is 0 Å². The molecule has 0 bridgehead atoms. The number of carbonyl (C=O) groups excluding carboxylic acids is 1. The number of hydrogen-bond donors (Lipinski definition) is 2. The van der Waals surface area contributed by atoms with E-state index in [4.69, 9.17) is 9.47 Å². The van der Waals surface area contributed by atoms with Gasteiger partial charge in [-0.1, -0.05) is 68.3 Å². The van der Waals surface area contributed by atoms with Crippen molar-refractivity contribution in [1.29, 1.82) is 0 Å². The molecule has 4 atom stereocenters. The summed E-state index contributed by atoms with van der Waals surface area (Å²) in [5.74, 6) is 0.0882. The van der Waals surface area contributed by atoms with Crippen molar-refractivity contribution in [2.75, 3.05) is 26.3 Å². The van der Waals surface area contributed by atoms with E-state index in [2.05, 4.69) is 5.32 Å². The van der Waals surface area contributed by atoms with Crippen molar-refractivity contribution in [2.24, 2.45) is 5.92 Å². The van der Waals surface area contributed by atoms with Crippen LogP contribution >= 0.6 is 0 Å². The van der Waals surface area contributed by atoms with E-state index in [0.717, 1.165) is 17.5 Å². The third-order valence-corrected chi connectivity index (χ3v) is 8.34. The number of benzene rings is 2. The molecule has 1 heterocycles. The van der Waals surface area contributed by atoms with Crippen LogP contribution in [0.15, 0.2) is 59.5 Å². The van der Waals surface area contributed by atoms with E-state index in [9.17, 15) is 18.3 Å². The Hall–Kier alpha value is -2.46. The number of nitrogens with one attached hydrogen (secondary N) is 1. The van der Waals surface area contributed by atoms with Crippen LogP contribution in [0.5, 0.6) is 0 Å². The smallest absolute Gasteiger partial charge is 0.407 e. The Labute approximate surface area is 214 Å². The number of carbonyl (C=O) groups is 1. The molecule has 36 heavy (non-hydrogen) atoms. The second kappa shape index (κ2) is 13.2. The van der Waals surface area contributed by atoms with Crippen molar-refractivity contribution in [1.82, 2.24) is 9.62 Å². The topological polar surface area (TPSA) is 105 Å². The molecule has 9 heteroatoms.